The Morgan fingerprint density at radius 1 is 1.15 bits per heavy atom. The predicted molar refractivity (Wildman–Crippen MR) is 101 cm³/mol. The SMILES string of the molecule is C=CC(=O)Nc1cccc(-c2nc(Cl)ncc2Nc2cccc(F)c2)c1. The molecule has 0 aliphatic heterocycles. The van der Waals surface area contributed by atoms with Gasteiger partial charge in [-0.25, -0.2) is 14.4 Å². The Bertz CT molecular complexity index is 977. The van der Waals surface area contributed by atoms with Crippen molar-refractivity contribution in [2.24, 2.45) is 0 Å². The van der Waals surface area contributed by atoms with Crippen molar-refractivity contribution in [2.75, 3.05) is 10.6 Å². The molecule has 0 aliphatic carbocycles. The van der Waals surface area contributed by atoms with E-state index in [0.29, 0.717) is 28.3 Å². The fraction of sp³-hybridized carbons (Fsp3) is 0. The van der Waals surface area contributed by atoms with Crippen molar-refractivity contribution in [1.29, 1.82) is 0 Å². The molecule has 0 radical (unpaired) electrons. The predicted octanol–water partition coefficient (Wildman–Crippen LogP) is 4.80. The Morgan fingerprint density at radius 3 is 2.69 bits per heavy atom. The standard InChI is InChI=1S/C19H14ClFN4O/c1-2-17(26)24-14-7-3-5-12(9-14)18-16(11-22-19(20)25-18)23-15-8-4-6-13(21)10-15/h2-11,23H,1H2,(H,24,26). The molecule has 0 saturated carbocycles. The van der Waals surface area contributed by atoms with E-state index >= 15 is 0 Å². The highest BCUT2D eigenvalue weighted by Gasteiger charge is 2.11. The Morgan fingerprint density at radius 2 is 1.92 bits per heavy atom. The lowest BCUT2D eigenvalue weighted by Crippen LogP contribution is -2.07. The number of hydrogen-bond acceptors (Lipinski definition) is 4. The molecule has 7 heteroatoms. The molecule has 2 N–H and O–H groups in total. The van der Waals surface area contributed by atoms with Crippen LogP contribution in [0.3, 0.4) is 0 Å². The number of benzene rings is 2. The van der Waals surface area contributed by atoms with Gasteiger partial charge >= 0.3 is 0 Å². The average molecular weight is 369 g/mol. The molecule has 5 nitrogen and oxygen atoms in total. The van der Waals surface area contributed by atoms with Crippen molar-refractivity contribution >= 4 is 34.6 Å². The maximum absolute atomic E-state index is 13.4. The van der Waals surface area contributed by atoms with Crippen LogP contribution in [0.5, 0.6) is 0 Å². The highest BCUT2D eigenvalue weighted by molar-refractivity contribution is 6.28. The Balaban J connectivity index is 1.99. The number of hydrogen-bond donors (Lipinski definition) is 2. The topological polar surface area (TPSA) is 66.9 Å². The van der Waals surface area contributed by atoms with Crippen LogP contribution >= 0.6 is 11.6 Å². The molecular formula is C19H14ClFN4O. The fourth-order valence-corrected chi connectivity index (χ4v) is 2.46. The summed E-state index contributed by atoms with van der Waals surface area (Å²) in [6.45, 7) is 3.43. The fourth-order valence-electron chi connectivity index (χ4n) is 2.33. The molecule has 0 saturated heterocycles. The lowest BCUT2D eigenvalue weighted by molar-refractivity contribution is -0.111. The molecule has 0 atom stereocenters. The summed E-state index contributed by atoms with van der Waals surface area (Å²) in [5.74, 6) is -0.679. The van der Waals surface area contributed by atoms with Crippen LogP contribution in [-0.2, 0) is 4.79 Å². The molecule has 3 rings (SSSR count). The minimum atomic E-state index is -0.361. The van der Waals surface area contributed by atoms with E-state index in [4.69, 9.17) is 11.6 Å². The van der Waals surface area contributed by atoms with Crippen molar-refractivity contribution in [1.82, 2.24) is 9.97 Å². The van der Waals surface area contributed by atoms with Gasteiger partial charge in [0.15, 0.2) is 0 Å². The van der Waals surface area contributed by atoms with Gasteiger partial charge in [0.05, 0.1) is 17.6 Å². The zero-order chi connectivity index (χ0) is 18.5. The number of nitrogens with zero attached hydrogens (tertiary/aromatic N) is 2. The zero-order valence-electron chi connectivity index (χ0n) is 13.5. The van der Waals surface area contributed by atoms with Crippen LogP contribution in [0.1, 0.15) is 0 Å². The molecule has 130 valence electrons. The van der Waals surface area contributed by atoms with Crippen molar-refractivity contribution in [3.05, 3.63) is 78.5 Å². The second kappa shape index (κ2) is 7.76. The third-order valence-corrected chi connectivity index (χ3v) is 3.63. The first-order chi connectivity index (χ1) is 12.5. The number of anilines is 3. The summed E-state index contributed by atoms with van der Waals surface area (Å²) in [4.78, 5) is 19.8. The van der Waals surface area contributed by atoms with E-state index in [1.54, 1.807) is 30.3 Å². The minimum Gasteiger partial charge on any atom is -0.352 e. The molecule has 0 aliphatic rings. The summed E-state index contributed by atoms with van der Waals surface area (Å²) in [6, 6.07) is 13.1. The van der Waals surface area contributed by atoms with Gasteiger partial charge in [-0.05, 0) is 48.0 Å². The monoisotopic (exact) mass is 368 g/mol. The van der Waals surface area contributed by atoms with Gasteiger partial charge in [0.2, 0.25) is 11.2 Å². The van der Waals surface area contributed by atoms with E-state index in [0.717, 1.165) is 0 Å². The van der Waals surface area contributed by atoms with Gasteiger partial charge in [-0.15, -0.1) is 0 Å². The summed E-state index contributed by atoms with van der Waals surface area (Å²) in [5.41, 5.74) is 2.90. The normalized spacial score (nSPS) is 10.2. The number of carbonyl (C=O) groups excluding carboxylic acids is 1. The molecule has 0 unspecified atom stereocenters. The quantitative estimate of drug-likeness (QED) is 0.501. The second-order valence-corrected chi connectivity index (χ2v) is 5.65. The third-order valence-electron chi connectivity index (χ3n) is 3.45. The number of nitrogens with one attached hydrogen (secondary N) is 2. The van der Waals surface area contributed by atoms with Crippen molar-refractivity contribution in [3.8, 4) is 11.3 Å². The Labute approximate surface area is 154 Å². The van der Waals surface area contributed by atoms with Gasteiger partial charge < -0.3 is 10.6 Å². The smallest absolute Gasteiger partial charge is 0.247 e. The Kier molecular flexibility index (Phi) is 5.24. The average Bonchev–Trinajstić information content (AvgIpc) is 2.63. The lowest BCUT2D eigenvalue weighted by Gasteiger charge is -2.12. The lowest BCUT2D eigenvalue weighted by atomic mass is 10.1. The molecule has 2 aromatic carbocycles. The summed E-state index contributed by atoms with van der Waals surface area (Å²) >= 11 is 5.95. The van der Waals surface area contributed by atoms with Gasteiger partial charge in [0.25, 0.3) is 0 Å². The summed E-state index contributed by atoms with van der Waals surface area (Å²) in [5, 5.41) is 5.85. The van der Waals surface area contributed by atoms with E-state index < -0.39 is 0 Å². The first kappa shape index (κ1) is 17.6. The molecule has 3 aromatic rings. The van der Waals surface area contributed by atoms with Crippen molar-refractivity contribution in [3.63, 3.8) is 0 Å². The maximum Gasteiger partial charge on any atom is 0.247 e. The van der Waals surface area contributed by atoms with Gasteiger partial charge in [-0.1, -0.05) is 24.8 Å². The van der Waals surface area contributed by atoms with Crippen LogP contribution in [-0.4, -0.2) is 15.9 Å². The van der Waals surface area contributed by atoms with E-state index in [2.05, 4.69) is 27.2 Å². The largest absolute Gasteiger partial charge is 0.352 e. The number of amides is 1. The Hall–Kier alpha value is -3.25. The van der Waals surface area contributed by atoms with Crippen LogP contribution in [0, 0.1) is 5.82 Å². The van der Waals surface area contributed by atoms with Crippen LogP contribution in [0.25, 0.3) is 11.3 Å². The number of rotatable bonds is 5. The zero-order valence-corrected chi connectivity index (χ0v) is 14.3. The molecule has 1 amide bonds. The van der Waals surface area contributed by atoms with Crippen LogP contribution in [0.4, 0.5) is 21.5 Å². The third kappa shape index (κ3) is 4.23. The van der Waals surface area contributed by atoms with Crippen LogP contribution < -0.4 is 10.6 Å². The molecule has 0 spiro atoms. The summed E-state index contributed by atoms with van der Waals surface area (Å²) < 4.78 is 13.4. The first-order valence-corrected chi connectivity index (χ1v) is 8.02. The maximum atomic E-state index is 13.4. The summed E-state index contributed by atoms with van der Waals surface area (Å²) in [7, 11) is 0. The second-order valence-electron chi connectivity index (χ2n) is 5.31. The highest BCUT2D eigenvalue weighted by Crippen LogP contribution is 2.30. The highest BCUT2D eigenvalue weighted by atomic mass is 35.5. The number of carbonyl (C=O) groups is 1. The van der Waals surface area contributed by atoms with E-state index in [-0.39, 0.29) is 17.0 Å². The number of halogens is 2. The molecule has 0 bridgehead atoms. The molecule has 26 heavy (non-hydrogen) atoms. The van der Waals surface area contributed by atoms with E-state index in [1.165, 1.54) is 24.4 Å². The molecule has 1 heterocycles. The van der Waals surface area contributed by atoms with Gasteiger partial charge in [-0.3, -0.25) is 4.79 Å². The van der Waals surface area contributed by atoms with Gasteiger partial charge in [0.1, 0.15) is 5.82 Å². The summed E-state index contributed by atoms with van der Waals surface area (Å²) in [6.07, 6.45) is 2.70. The van der Waals surface area contributed by atoms with Gasteiger partial charge in [-0.2, -0.15) is 0 Å². The number of aromatic nitrogens is 2. The van der Waals surface area contributed by atoms with Crippen LogP contribution in [0.2, 0.25) is 5.28 Å². The molecule has 0 fully saturated rings. The van der Waals surface area contributed by atoms with Gasteiger partial charge in [0, 0.05) is 16.9 Å². The molecule has 1 aromatic heterocycles. The van der Waals surface area contributed by atoms with Crippen molar-refractivity contribution in [2.45, 2.75) is 0 Å². The van der Waals surface area contributed by atoms with Crippen molar-refractivity contribution < 1.29 is 9.18 Å². The molecular weight excluding hydrogens is 355 g/mol. The minimum absolute atomic E-state index is 0.0744. The first-order valence-electron chi connectivity index (χ1n) is 7.64. The van der Waals surface area contributed by atoms with E-state index in [9.17, 15) is 9.18 Å². The van der Waals surface area contributed by atoms with Crippen LogP contribution in [0.15, 0.2) is 67.4 Å². The van der Waals surface area contributed by atoms with E-state index in [1.807, 2.05) is 6.07 Å².